The maximum atomic E-state index is 11.4. The summed E-state index contributed by atoms with van der Waals surface area (Å²) in [5.41, 5.74) is -0.514. The van der Waals surface area contributed by atoms with Gasteiger partial charge in [0.15, 0.2) is 0 Å². The van der Waals surface area contributed by atoms with Crippen LogP contribution in [0.5, 0.6) is 11.5 Å². The zero-order valence-corrected chi connectivity index (χ0v) is 12.7. The number of carboxylic acid groups (broad SMARTS) is 2. The van der Waals surface area contributed by atoms with E-state index in [1.807, 2.05) is 0 Å². The van der Waals surface area contributed by atoms with Gasteiger partial charge in [0, 0.05) is 29.3 Å². The number of carbonyl (C=O) groups is 3. The van der Waals surface area contributed by atoms with Gasteiger partial charge in [0.25, 0.3) is 0 Å². The third-order valence-electron chi connectivity index (χ3n) is 3.11. The van der Waals surface area contributed by atoms with Gasteiger partial charge in [-0.3, -0.25) is 4.79 Å². The minimum absolute atomic E-state index is 0.109. The molecule has 0 aromatic heterocycles. The third kappa shape index (κ3) is 4.10. The van der Waals surface area contributed by atoms with Crippen molar-refractivity contribution in [1.82, 2.24) is 0 Å². The number of ether oxygens (including phenoxy) is 1. The first-order valence-corrected chi connectivity index (χ1v) is 7.05. The fourth-order valence-corrected chi connectivity index (χ4v) is 1.96. The molecule has 0 aliphatic carbocycles. The highest BCUT2D eigenvalue weighted by Gasteiger charge is 2.08. The van der Waals surface area contributed by atoms with Crippen molar-refractivity contribution in [3.05, 3.63) is 53.6 Å². The van der Waals surface area contributed by atoms with E-state index in [0.29, 0.717) is 17.9 Å². The van der Waals surface area contributed by atoms with E-state index in [0.717, 1.165) is 12.1 Å². The molecule has 1 N–H and O–H groups in total. The lowest BCUT2D eigenvalue weighted by Gasteiger charge is -2.14. The normalized spacial score (nSPS) is 10.0. The number of benzene rings is 2. The number of carbonyl (C=O) groups excluding carboxylic acids is 3. The Bertz CT molecular complexity index is 799. The van der Waals surface area contributed by atoms with Crippen molar-refractivity contribution in [2.75, 3.05) is 5.32 Å². The third-order valence-corrected chi connectivity index (χ3v) is 3.11. The van der Waals surface area contributed by atoms with Crippen LogP contribution in [0.3, 0.4) is 0 Å². The largest absolute Gasteiger partial charge is 0.545 e. The van der Waals surface area contributed by atoms with Gasteiger partial charge in [-0.15, -0.1) is 0 Å². The van der Waals surface area contributed by atoms with Crippen molar-refractivity contribution in [3.63, 3.8) is 0 Å². The summed E-state index contributed by atoms with van der Waals surface area (Å²) in [7, 11) is 0. The van der Waals surface area contributed by atoms with Gasteiger partial charge in [0.2, 0.25) is 5.91 Å². The van der Waals surface area contributed by atoms with Crippen molar-refractivity contribution >= 4 is 23.5 Å². The van der Waals surface area contributed by atoms with Gasteiger partial charge in [0.05, 0.1) is 11.9 Å². The van der Waals surface area contributed by atoms with Gasteiger partial charge in [-0.2, -0.15) is 0 Å². The van der Waals surface area contributed by atoms with Gasteiger partial charge >= 0.3 is 0 Å². The molecule has 7 heteroatoms. The molecule has 0 radical (unpaired) electrons. The molecule has 0 atom stereocenters. The van der Waals surface area contributed by atoms with Crippen LogP contribution in [0, 0.1) is 0 Å². The van der Waals surface area contributed by atoms with Crippen LogP contribution in [0.1, 0.15) is 34.1 Å². The van der Waals surface area contributed by atoms with Gasteiger partial charge < -0.3 is 29.9 Å². The first kappa shape index (κ1) is 17.0. The van der Waals surface area contributed by atoms with E-state index in [1.54, 1.807) is 31.2 Å². The van der Waals surface area contributed by atoms with Crippen LogP contribution in [0.4, 0.5) is 5.69 Å². The summed E-state index contributed by atoms with van der Waals surface area (Å²) >= 11 is 0. The molecule has 0 unspecified atom stereocenters. The molecule has 124 valence electrons. The molecule has 7 nitrogen and oxygen atoms in total. The molecule has 2 aromatic carbocycles. The topological polar surface area (TPSA) is 119 Å². The van der Waals surface area contributed by atoms with Gasteiger partial charge in [-0.25, -0.2) is 0 Å². The lowest BCUT2D eigenvalue weighted by atomic mass is 10.1. The zero-order valence-electron chi connectivity index (χ0n) is 12.7. The Balaban J connectivity index is 2.26. The predicted octanol–water partition coefficient (Wildman–Crippen LogP) is 0.554. The van der Waals surface area contributed by atoms with Gasteiger partial charge in [-0.05, 0) is 30.3 Å². The molecule has 0 spiro atoms. The van der Waals surface area contributed by atoms with Crippen molar-refractivity contribution < 1.29 is 29.3 Å². The Morgan fingerprint density at radius 3 is 2.25 bits per heavy atom. The van der Waals surface area contributed by atoms with Gasteiger partial charge in [0.1, 0.15) is 11.5 Å². The van der Waals surface area contributed by atoms with Crippen LogP contribution < -0.4 is 20.3 Å². The highest BCUT2D eigenvalue weighted by molar-refractivity contribution is 6.00. The Morgan fingerprint density at radius 1 is 0.958 bits per heavy atom. The number of anilines is 1. The second-order valence-electron chi connectivity index (χ2n) is 4.81. The average molecular weight is 327 g/mol. The minimum atomic E-state index is -1.65. The number of aromatic carboxylic acids is 2. The van der Waals surface area contributed by atoms with Crippen molar-refractivity contribution in [1.29, 1.82) is 0 Å². The maximum absolute atomic E-state index is 11.4. The van der Waals surface area contributed by atoms with Crippen molar-refractivity contribution in [2.24, 2.45) is 0 Å². The number of hydrogen-bond acceptors (Lipinski definition) is 6. The molecule has 2 aromatic rings. The van der Waals surface area contributed by atoms with E-state index in [2.05, 4.69) is 5.32 Å². The molecule has 0 bridgehead atoms. The second-order valence-corrected chi connectivity index (χ2v) is 4.81. The van der Waals surface area contributed by atoms with Crippen LogP contribution in [-0.2, 0) is 4.79 Å². The molecule has 0 aliphatic rings. The van der Waals surface area contributed by atoms with E-state index >= 15 is 0 Å². The molecular formula is C17H13NO6-2. The summed E-state index contributed by atoms with van der Waals surface area (Å²) in [5.74, 6) is -2.98. The molecule has 0 aliphatic heterocycles. The first-order valence-electron chi connectivity index (χ1n) is 7.05. The van der Waals surface area contributed by atoms with Crippen LogP contribution in [-0.4, -0.2) is 17.8 Å². The lowest BCUT2D eigenvalue weighted by molar-refractivity contribution is -0.259. The molecule has 24 heavy (non-hydrogen) atoms. The van der Waals surface area contributed by atoms with Crippen LogP contribution >= 0.6 is 0 Å². The fourth-order valence-electron chi connectivity index (χ4n) is 1.96. The number of amides is 1. The second kappa shape index (κ2) is 7.28. The fraction of sp³-hybridized carbons (Fsp3) is 0.118. The smallest absolute Gasteiger partial charge is 0.224 e. The average Bonchev–Trinajstić information content (AvgIpc) is 2.54. The summed E-state index contributed by atoms with van der Waals surface area (Å²) < 4.78 is 5.50. The molecule has 0 fully saturated rings. The molecule has 0 saturated carbocycles. The highest BCUT2D eigenvalue weighted by Crippen LogP contribution is 2.26. The first-order chi connectivity index (χ1) is 11.4. The number of hydrogen-bond donors (Lipinski definition) is 1. The Hall–Kier alpha value is -3.35. The van der Waals surface area contributed by atoms with E-state index in [9.17, 15) is 24.6 Å². The Kier molecular flexibility index (Phi) is 5.16. The standard InChI is InChI=1S/C17H15NO6/c1-2-15(19)18-10-4-3-5-11(8-10)24-12-6-7-13(16(20)21)14(9-12)17(22)23/h3-9H,2H2,1H3,(H,18,19)(H,20,21)(H,22,23)/p-2. The van der Waals surface area contributed by atoms with Crippen molar-refractivity contribution in [3.8, 4) is 11.5 Å². The Labute approximate surface area is 137 Å². The summed E-state index contributed by atoms with van der Waals surface area (Å²) in [6.45, 7) is 1.72. The summed E-state index contributed by atoms with van der Waals surface area (Å²) in [6.07, 6.45) is 0.324. The summed E-state index contributed by atoms with van der Waals surface area (Å²) in [5, 5.41) is 24.6. The van der Waals surface area contributed by atoms with E-state index in [-0.39, 0.29) is 11.7 Å². The number of carboxylic acids is 2. The van der Waals surface area contributed by atoms with Crippen LogP contribution in [0.15, 0.2) is 42.5 Å². The minimum Gasteiger partial charge on any atom is -0.545 e. The van der Waals surface area contributed by atoms with E-state index in [4.69, 9.17) is 4.74 Å². The monoisotopic (exact) mass is 327 g/mol. The Morgan fingerprint density at radius 2 is 1.62 bits per heavy atom. The molecule has 0 saturated heterocycles. The number of rotatable bonds is 6. The van der Waals surface area contributed by atoms with Crippen molar-refractivity contribution in [2.45, 2.75) is 13.3 Å². The van der Waals surface area contributed by atoms with Gasteiger partial charge in [-0.1, -0.05) is 13.0 Å². The highest BCUT2D eigenvalue weighted by atomic mass is 16.5. The molecule has 2 rings (SSSR count). The molecular weight excluding hydrogens is 314 g/mol. The molecule has 0 heterocycles. The summed E-state index contributed by atoms with van der Waals surface area (Å²) in [6, 6.07) is 9.89. The SMILES string of the molecule is CCC(=O)Nc1cccc(Oc2ccc(C(=O)[O-])c(C(=O)[O-])c2)c1. The number of nitrogens with one attached hydrogen (secondary N) is 1. The quantitative estimate of drug-likeness (QED) is 0.828. The van der Waals surface area contributed by atoms with Crippen LogP contribution in [0.2, 0.25) is 0 Å². The predicted molar refractivity (Wildman–Crippen MR) is 80.5 cm³/mol. The van der Waals surface area contributed by atoms with Crippen LogP contribution in [0.25, 0.3) is 0 Å². The summed E-state index contributed by atoms with van der Waals surface area (Å²) in [4.78, 5) is 33.3. The zero-order chi connectivity index (χ0) is 17.7. The van der Waals surface area contributed by atoms with E-state index in [1.165, 1.54) is 6.07 Å². The maximum Gasteiger partial charge on any atom is 0.224 e. The lowest BCUT2D eigenvalue weighted by Crippen LogP contribution is -2.30. The molecule has 1 amide bonds. The van der Waals surface area contributed by atoms with E-state index < -0.39 is 23.1 Å².